The van der Waals surface area contributed by atoms with Crippen molar-refractivity contribution in [3.8, 4) is 17.2 Å². The maximum atomic E-state index is 12.1. The molecule has 5 nitrogen and oxygen atoms in total. The van der Waals surface area contributed by atoms with Crippen LogP contribution < -0.4 is 19.5 Å². The van der Waals surface area contributed by atoms with Crippen LogP contribution in [0.2, 0.25) is 0 Å². The summed E-state index contributed by atoms with van der Waals surface area (Å²) in [6.07, 6.45) is -4.22. The fourth-order valence-electron chi connectivity index (χ4n) is 2.15. The second kappa shape index (κ2) is 9.70. The van der Waals surface area contributed by atoms with E-state index in [1.54, 1.807) is 30.3 Å². The molecule has 0 radical (unpaired) electrons. The second-order valence-electron chi connectivity index (χ2n) is 5.57. The fraction of sp³-hybridized carbons (Fsp3) is 0.316. The molecule has 1 N–H and O–H groups in total. The van der Waals surface area contributed by atoms with Gasteiger partial charge in [-0.3, -0.25) is 4.79 Å². The Hall–Kier alpha value is -2.90. The summed E-state index contributed by atoms with van der Waals surface area (Å²) in [6, 6.07) is 13.2. The standard InChI is InChI=1S/C19H20F3NO4/c1-25-16-4-2-3-5-17(16)26-11-10-18(24)23-12-14-6-8-15(9-7-14)27-13-19(20,21)22/h2-9H,10-13H2,1H3,(H,23,24). The number of benzene rings is 2. The van der Waals surface area contributed by atoms with E-state index in [4.69, 9.17) is 9.47 Å². The molecule has 0 aliphatic rings. The molecule has 0 fully saturated rings. The number of hydrogen-bond donors (Lipinski definition) is 1. The lowest BCUT2D eigenvalue weighted by Crippen LogP contribution is -2.24. The fourth-order valence-corrected chi connectivity index (χ4v) is 2.15. The Bertz CT molecular complexity index is 732. The predicted octanol–water partition coefficient (Wildman–Crippen LogP) is 3.72. The van der Waals surface area contributed by atoms with Gasteiger partial charge in [0.1, 0.15) is 5.75 Å². The maximum absolute atomic E-state index is 12.1. The topological polar surface area (TPSA) is 56.8 Å². The van der Waals surface area contributed by atoms with Crippen molar-refractivity contribution in [2.24, 2.45) is 0 Å². The number of halogens is 3. The molecule has 0 atom stereocenters. The van der Waals surface area contributed by atoms with Crippen LogP contribution in [0.1, 0.15) is 12.0 Å². The van der Waals surface area contributed by atoms with Gasteiger partial charge in [-0.15, -0.1) is 0 Å². The van der Waals surface area contributed by atoms with Crippen LogP contribution >= 0.6 is 0 Å². The Kier molecular flexibility index (Phi) is 7.34. The van der Waals surface area contributed by atoms with Gasteiger partial charge in [-0.1, -0.05) is 24.3 Å². The number of alkyl halides is 3. The third-order valence-corrected chi connectivity index (χ3v) is 3.47. The van der Waals surface area contributed by atoms with E-state index in [-0.39, 0.29) is 31.2 Å². The Labute approximate surface area is 155 Å². The summed E-state index contributed by atoms with van der Waals surface area (Å²) in [4.78, 5) is 11.9. The van der Waals surface area contributed by atoms with Gasteiger partial charge in [-0.25, -0.2) is 0 Å². The molecular weight excluding hydrogens is 363 g/mol. The lowest BCUT2D eigenvalue weighted by molar-refractivity contribution is -0.153. The zero-order valence-corrected chi connectivity index (χ0v) is 14.7. The number of amides is 1. The summed E-state index contributed by atoms with van der Waals surface area (Å²) in [7, 11) is 1.54. The summed E-state index contributed by atoms with van der Waals surface area (Å²) in [5, 5.41) is 2.72. The van der Waals surface area contributed by atoms with Crippen LogP contribution in [-0.4, -0.2) is 32.4 Å². The number of carbonyl (C=O) groups excluding carboxylic acids is 1. The average Bonchev–Trinajstić information content (AvgIpc) is 2.65. The monoisotopic (exact) mass is 383 g/mol. The van der Waals surface area contributed by atoms with Gasteiger partial charge in [-0.05, 0) is 29.8 Å². The van der Waals surface area contributed by atoms with E-state index in [9.17, 15) is 18.0 Å². The summed E-state index contributed by atoms with van der Waals surface area (Å²) >= 11 is 0. The van der Waals surface area contributed by atoms with Crippen molar-refractivity contribution in [2.45, 2.75) is 19.1 Å². The van der Waals surface area contributed by atoms with Crippen LogP contribution in [-0.2, 0) is 11.3 Å². The molecule has 0 saturated heterocycles. The number of rotatable bonds is 9. The summed E-state index contributed by atoms with van der Waals surface area (Å²) in [5.74, 6) is 1.06. The third kappa shape index (κ3) is 7.47. The second-order valence-corrected chi connectivity index (χ2v) is 5.57. The highest BCUT2D eigenvalue weighted by molar-refractivity contribution is 5.76. The van der Waals surface area contributed by atoms with Gasteiger partial charge in [0.15, 0.2) is 18.1 Å². The molecule has 0 saturated carbocycles. The maximum Gasteiger partial charge on any atom is 0.422 e. The number of ether oxygens (including phenoxy) is 3. The Morgan fingerprint density at radius 3 is 2.30 bits per heavy atom. The summed E-state index contributed by atoms with van der Waals surface area (Å²) in [5.41, 5.74) is 0.744. The van der Waals surface area contributed by atoms with Crippen LogP contribution in [0.15, 0.2) is 48.5 Å². The van der Waals surface area contributed by atoms with Crippen molar-refractivity contribution in [1.82, 2.24) is 5.32 Å². The first-order valence-corrected chi connectivity index (χ1v) is 8.18. The Balaban J connectivity index is 1.70. The van der Waals surface area contributed by atoms with Gasteiger partial charge in [0, 0.05) is 6.54 Å². The molecule has 0 heterocycles. The van der Waals surface area contributed by atoms with Crippen molar-refractivity contribution >= 4 is 5.91 Å². The van der Waals surface area contributed by atoms with Gasteiger partial charge in [-0.2, -0.15) is 13.2 Å². The minimum Gasteiger partial charge on any atom is -0.493 e. The molecular formula is C19H20F3NO4. The van der Waals surface area contributed by atoms with Gasteiger partial charge >= 0.3 is 6.18 Å². The third-order valence-electron chi connectivity index (χ3n) is 3.47. The highest BCUT2D eigenvalue weighted by Crippen LogP contribution is 2.25. The highest BCUT2D eigenvalue weighted by atomic mass is 19.4. The van der Waals surface area contributed by atoms with Gasteiger partial charge in [0.2, 0.25) is 5.91 Å². The average molecular weight is 383 g/mol. The quantitative estimate of drug-likeness (QED) is 0.717. The molecule has 1 amide bonds. The molecule has 8 heteroatoms. The van der Waals surface area contributed by atoms with Gasteiger partial charge < -0.3 is 19.5 Å². The molecule has 2 rings (SSSR count). The number of methoxy groups -OCH3 is 1. The van der Waals surface area contributed by atoms with E-state index in [0.29, 0.717) is 11.5 Å². The molecule has 0 spiro atoms. The number of carbonyl (C=O) groups is 1. The van der Waals surface area contributed by atoms with E-state index < -0.39 is 12.8 Å². The van der Waals surface area contributed by atoms with E-state index in [2.05, 4.69) is 10.1 Å². The first-order valence-electron chi connectivity index (χ1n) is 8.18. The van der Waals surface area contributed by atoms with Crippen LogP contribution in [0.4, 0.5) is 13.2 Å². The normalized spacial score (nSPS) is 11.0. The lowest BCUT2D eigenvalue weighted by atomic mass is 10.2. The van der Waals surface area contributed by atoms with E-state index in [1.165, 1.54) is 19.2 Å². The molecule has 0 aliphatic heterocycles. The van der Waals surface area contributed by atoms with Crippen LogP contribution in [0.3, 0.4) is 0 Å². The SMILES string of the molecule is COc1ccccc1OCCC(=O)NCc1ccc(OCC(F)(F)F)cc1. The molecule has 0 aromatic heterocycles. The van der Waals surface area contributed by atoms with Crippen molar-refractivity contribution in [2.75, 3.05) is 20.3 Å². The van der Waals surface area contributed by atoms with E-state index in [0.717, 1.165) is 5.56 Å². The van der Waals surface area contributed by atoms with Crippen molar-refractivity contribution in [1.29, 1.82) is 0 Å². The Morgan fingerprint density at radius 1 is 1.00 bits per heavy atom. The molecule has 0 aliphatic carbocycles. The molecule has 0 unspecified atom stereocenters. The van der Waals surface area contributed by atoms with Crippen molar-refractivity contribution < 1.29 is 32.2 Å². The summed E-state index contributed by atoms with van der Waals surface area (Å²) < 4.78 is 51.6. The molecule has 27 heavy (non-hydrogen) atoms. The first kappa shape index (κ1) is 20.4. The van der Waals surface area contributed by atoms with Crippen molar-refractivity contribution in [3.63, 3.8) is 0 Å². The van der Waals surface area contributed by atoms with Crippen LogP contribution in [0.5, 0.6) is 17.2 Å². The first-order chi connectivity index (χ1) is 12.9. The lowest BCUT2D eigenvalue weighted by Gasteiger charge is -2.11. The van der Waals surface area contributed by atoms with Gasteiger partial charge in [0.05, 0.1) is 20.1 Å². The van der Waals surface area contributed by atoms with Crippen LogP contribution in [0.25, 0.3) is 0 Å². The van der Waals surface area contributed by atoms with E-state index >= 15 is 0 Å². The minimum absolute atomic E-state index is 0.118. The number of hydrogen-bond acceptors (Lipinski definition) is 4. The largest absolute Gasteiger partial charge is 0.493 e. The smallest absolute Gasteiger partial charge is 0.422 e. The zero-order valence-electron chi connectivity index (χ0n) is 14.7. The molecule has 2 aromatic rings. The number of nitrogens with one attached hydrogen (secondary N) is 1. The molecule has 0 bridgehead atoms. The summed E-state index contributed by atoms with van der Waals surface area (Å²) in [6.45, 7) is -0.890. The molecule has 2 aromatic carbocycles. The van der Waals surface area contributed by atoms with E-state index in [1.807, 2.05) is 6.07 Å². The van der Waals surface area contributed by atoms with Crippen LogP contribution in [0, 0.1) is 0 Å². The predicted molar refractivity (Wildman–Crippen MR) is 92.9 cm³/mol. The highest BCUT2D eigenvalue weighted by Gasteiger charge is 2.28. The minimum atomic E-state index is -4.38. The zero-order chi connectivity index (χ0) is 19.7. The van der Waals surface area contributed by atoms with Crippen molar-refractivity contribution in [3.05, 3.63) is 54.1 Å². The molecule has 146 valence electrons. The Morgan fingerprint density at radius 2 is 1.67 bits per heavy atom. The van der Waals surface area contributed by atoms with Gasteiger partial charge in [0.25, 0.3) is 0 Å². The number of para-hydroxylation sites is 2.